The first kappa shape index (κ1) is 8.96. The maximum absolute atomic E-state index is 8.22. The number of rotatable bonds is 1. The molecule has 56 valence electrons. The number of amidine groups is 1. The van der Waals surface area contributed by atoms with Crippen LogP contribution in [0.15, 0.2) is 4.99 Å². The molecule has 10 heavy (non-hydrogen) atoms. The van der Waals surface area contributed by atoms with Gasteiger partial charge in [-0.1, -0.05) is 0 Å². The van der Waals surface area contributed by atoms with Crippen molar-refractivity contribution in [1.82, 2.24) is 0 Å². The van der Waals surface area contributed by atoms with Gasteiger partial charge < -0.3 is 5.73 Å². The van der Waals surface area contributed by atoms with Gasteiger partial charge in [0.25, 0.3) is 0 Å². The molecule has 0 aromatic rings. The Hall–Kier alpha value is -1.04. The van der Waals surface area contributed by atoms with Gasteiger partial charge >= 0.3 is 0 Å². The van der Waals surface area contributed by atoms with Gasteiger partial charge in [-0.05, 0) is 20.8 Å². The second-order valence-corrected chi connectivity index (χ2v) is 3.11. The lowest BCUT2D eigenvalue weighted by Crippen LogP contribution is -2.19. The van der Waals surface area contributed by atoms with Crippen molar-refractivity contribution < 1.29 is 0 Å². The molecular weight excluding hydrogens is 126 g/mol. The van der Waals surface area contributed by atoms with Crippen LogP contribution in [-0.4, -0.2) is 11.4 Å². The van der Waals surface area contributed by atoms with Gasteiger partial charge in [-0.3, -0.25) is 4.99 Å². The first-order valence-corrected chi connectivity index (χ1v) is 3.17. The fraction of sp³-hybridized carbons (Fsp3) is 0.714. The summed E-state index contributed by atoms with van der Waals surface area (Å²) in [6.45, 7) is 5.83. The zero-order valence-electron chi connectivity index (χ0n) is 6.68. The molecule has 0 atom stereocenters. The summed E-state index contributed by atoms with van der Waals surface area (Å²) in [7, 11) is 0. The summed E-state index contributed by atoms with van der Waals surface area (Å²) in [4.78, 5) is 4.07. The van der Waals surface area contributed by atoms with E-state index in [4.69, 9.17) is 11.0 Å². The molecule has 0 fully saturated rings. The number of nitrogens with two attached hydrogens (primary N) is 1. The zero-order valence-corrected chi connectivity index (χ0v) is 6.68. The molecule has 3 nitrogen and oxygen atoms in total. The fourth-order valence-electron chi connectivity index (χ4n) is 0.551. The molecule has 0 aliphatic rings. The predicted octanol–water partition coefficient (Wildman–Crippen LogP) is 1.06. The summed E-state index contributed by atoms with van der Waals surface area (Å²) in [5, 5.41) is 8.22. The molecule has 2 N–H and O–H groups in total. The van der Waals surface area contributed by atoms with Crippen molar-refractivity contribution in [1.29, 1.82) is 5.26 Å². The Balaban J connectivity index is 4.06. The van der Waals surface area contributed by atoms with Gasteiger partial charge in [0.2, 0.25) is 0 Å². The summed E-state index contributed by atoms with van der Waals surface area (Å²) in [5.74, 6) is 0.412. The van der Waals surface area contributed by atoms with Crippen LogP contribution in [0.3, 0.4) is 0 Å². The van der Waals surface area contributed by atoms with Gasteiger partial charge in [-0.15, -0.1) is 0 Å². The number of aliphatic imine (C=N–C) groups is 1. The molecule has 0 unspecified atom stereocenters. The maximum atomic E-state index is 8.22. The van der Waals surface area contributed by atoms with Crippen LogP contribution in [0.25, 0.3) is 0 Å². The molecular formula is C7H13N3. The van der Waals surface area contributed by atoms with Gasteiger partial charge in [0.05, 0.1) is 18.0 Å². The van der Waals surface area contributed by atoms with Crippen molar-refractivity contribution in [3.8, 4) is 6.07 Å². The van der Waals surface area contributed by atoms with Crippen molar-refractivity contribution in [3.63, 3.8) is 0 Å². The SMILES string of the molecule is CC(C)(C)N=C(N)CC#N. The molecule has 0 aromatic heterocycles. The molecule has 0 amide bonds. The highest BCUT2D eigenvalue weighted by atomic mass is 14.9. The Morgan fingerprint density at radius 2 is 2.10 bits per heavy atom. The normalized spacial score (nSPS) is 12.8. The van der Waals surface area contributed by atoms with Crippen molar-refractivity contribution in [2.45, 2.75) is 32.7 Å². The Morgan fingerprint density at radius 3 is 2.40 bits per heavy atom. The van der Waals surface area contributed by atoms with Crippen molar-refractivity contribution in [3.05, 3.63) is 0 Å². The van der Waals surface area contributed by atoms with E-state index < -0.39 is 0 Å². The van der Waals surface area contributed by atoms with E-state index in [1.165, 1.54) is 0 Å². The monoisotopic (exact) mass is 139 g/mol. The van der Waals surface area contributed by atoms with Crippen LogP contribution in [0.1, 0.15) is 27.2 Å². The summed E-state index contributed by atoms with van der Waals surface area (Å²) in [6, 6.07) is 1.93. The lowest BCUT2D eigenvalue weighted by Gasteiger charge is -2.11. The Kier molecular flexibility index (Phi) is 2.88. The molecule has 0 heterocycles. The standard InChI is InChI=1S/C7H13N3/c1-7(2,3)10-6(9)4-5-8/h4H2,1-3H3,(H2,9,10). The maximum Gasteiger partial charge on any atom is 0.109 e. The zero-order chi connectivity index (χ0) is 8.20. The van der Waals surface area contributed by atoms with Crippen LogP contribution in [0, 0.1) is 11.3 Å². The number of nitrogens with zero attached hydrogens (tertiary/aromatic N) is 2. The summed E-state index contributed by atoms with van der Waals surface area (Å²) >= 11 is 0. The molecule has 0 saturated heterocycles. The van der Waals surface area contributed by atoms with Gasteiger partial charge in [0, 0.05) is 0 Å². The van der Waals surface area contributed by atoms with Crippen LogP contribution in [0.4, 0.5) is 0 Å². The molecule has 0 radical (unpaired) electrons. The minimum Gasteiger partial charge on any atom is -0.387 e. The second kappa shape index (κ2) is 3.21. The molecule has 0 saturated carbocycles. The minimum absolute atomic E-state index is 0.166. The van der Waals surface area contributed by atoms with E-state index in [0.29, 0.717) is 5.84 Å². The van der Waals surface area contributed by atoms with Crippen LogP contribution < -0.4 is 5.73 Å². The van der Waals surface area contributed by atoms with Crippen molar-refractivity contribution >= 4 is 5.84 Å². The van der Waals surface area contributed by atoms with E-state index in [1.807, 2.05) is 26.8 Å². The summed E-state index contributed by atoms with van der Waals surface area (Å²) < 4.78 is 0. The van der Waals surface area contributed by atoms with E-state index in [1.54, 1.807) is 0 Å². The van der Waals surface area contributed by atoms with Gasteiger partial charge in [0.1, 0.15) is 5.84 Å². The molecule has 0 spiro atoms. The molecule has 0 aromatic carbocycles. The first-order chi connectivity index (χ1) is 4.45. The molecule has 0 rings (SSSR count). The molecule has 0 aliphatic heterocycles. The highest BCUT2D eigenvalue weighted by molar-refractivity contribution is 5.82. The summed E-state index contributed by atoms with van der Waals surface area (Å²) in [6.07, 6.45) is 0.220. The van der Waals surface area contributed by atoms with Crippen molar-refractivity contribution in [2.24, 2.45) is 10.7 Å². The average Bonchev–Trinajstić information content (AvgIpc) is 1.59. The number of hydrogen-bond donors (Lipinski definition) is 1. The Labute approximate surface area is 61.6 Å². The topological polar surface area (TPSA) is 62.2 Å². The van der Waals surface area contributed by atoms with Crippen LogP contribution in [0.2, 0.25) is 0 Å². The third-order valence-corrected chi connectivity index (χ3v) is 0.739. The van der Waals surface area contributed by atoms with E-state index in [0.717, 1.165) is 0 Å². The van der Waals surface area contributed by atoms with Crippen LogP contribution >= 0.6 is 0 Å². The largest absolute Gasteiger partial charge is 0.387 e. The van der Waals surface area contributed by atoms with Gasteiger partial charge in [-0.25, -0.2) is 0 Å². The smallest absolute Gasteiger partial charge is 0.109 e. The average molecular weight is 139 g/mol. The third kappa shape index (κ3) is 5.10. The Bertz CT molecular complexity index is 168. The van der Waals surface area contributed by atoms with Crippen molar-refractivity contribution in [2.75, 3.05) is 0 Å². The van der Waals surface area contributed by atoms with Crippen LogP contribution in [-0.2, 0) is 0 Å². The Morgan fingerprint density at radius 1 is 1.60 bits per heavy atom. The third-order valence-electron chi connectivity index (χ3n) is 0.739. The van der Waals surface area contributed by atoms with Gasteiger partial charge in [0.15, 0.2) is 0 Å². The molecule has 0 aliphatic carbocycles. The molecule has 0 bridgehead atoms. The van der Waals surface area contributed by atoms with Crippen LogP contribution in [0.5, 0.6) is 0 Å². The second-order valence-electron chi connectivity index (χ2n) is 3.11. The first-order valence-electron chi connectivity index (χ1n) is 3.17. The van der Waals surface area contributed by atoms with Gasteiger partial charge in [-0.2, -0.15) is 5.26 Å². The number of hydrogen-bond acceptors (Lipinski definition) is 2. The fourth-order valence-corrected chi connectivity index (χ4v) is 0.551. The lowest BCUT2D eigenvalue weighted by molar-refractivity contribution is 0.582. The summed E-state index contributed by atoms with van der Waals surface area (Å²) in [5.41, 5.74) is 5.23. The van der Waals surface area contributed by atoms with E-state index in [-0.39, 0.29) is 12.0 Å². The quantitative estimate of drug-likeness (QED) is 0.436. The molecule has 3 heteroatoms. The highest BCUT2D eigenvalue weighted by Gasteiger charge is 2.06. The van der Waals surface area contributed by atoms with E-state index in [2.05, 4.69) is 4.99 Å². The van der Waals surface area contributed by atoms with E-state index >= 15 is 0 Å². The minimum atomic E-state index is -0.166. The number of nitriles is 1. The highest BCUT2D eigenvalue weighted by Crippen LogP contribution is 2.05. The van der Waals surface area contributed by atoms with E-state index in [9.17, 15) is 0 Å². The lowest BCUT2D eigenvalue weighted by atomic mass is 10.1. The predicted molar refractivity (Wildman–Crippen MR) is 41.6 cm³/mol.